The number of hydrogen-bond acceptors (Lipinski definition) is 3. The van der Waals surface area contributed by atoms with E-state index in [-0.39, 0.29) is 30.7 Å². The lowest BCUT2D eigenvalue weighted by molar-refractivity contribution is -0.131. The van der Waals surface area contributed by atoms with E-state index in [1.165, 1.54) is 0 Å². The van der Waals surface area contributed by atoms with Crippen LogP contribution in [-0.2, 0) is 24.7 Å². The summed E-state index contributed by atoms with van der Waals surface area (Å²) in [5, 5.41) is 1.13. The Labute approximate surface area is 172 Å². The number of H-pyrrole nitrogens is 1. The molecule has 3 rings (SSSR count). The van der Waals surface area contributed by atoms with Crippen molar-refractivity contribution in [2.24, 2.45) is 12.8 Å². The fourth-order valence-corrected chi connectivity index (χ4v) is 3.13. The average molecular weight is 412 g/mol. The van der Waals surface area contributed by atoms with Gasteiger partial charge in [0.15, 0.2) is 0 Å². The van der Waals surface area contributed by atoms with Crippen LogP contribution in [0.3, 0.4) is 0 Å². The van der Waals surface area contributed by atoms with Crippen LogP contribution < -0.4 is 5.73 Å². The normalized spacial score (nSPS) is 11.5. The van der Waals surface area contributed by atoms with Crippen molar-refractivity contribution in [1.82, 2.24) is 19.4 Å². The van der Waals surface area contributed by atoms with E-state index < -0.39 is 6.04 Å². The molecular formula is C19H27Cl2N5O. The van der Waals surface area contributed by atoms with Gasteiger partial charge in [0.25, 0.3) is 0 Å². The van der Waals surface area contributed by atoms with Gasteiger partial charge in [-0.15, -0.1) is 24.8 Å². The van der Waals surface area contributed by atoms with Crippen LogP contribution in [0.25, 0.3) is 10.9 Å². The minimum absolute atomic E-state index is 0. The quantitative estimate of drug-likeness (QED) is 0.626. The number of carbonyl (C=O) groups excluding carboxylic acids is 1. The maximum absolute atomic E-state index is 12.5. The summed E-state index contributed by atoms with van der Waals surface area (Å²) in [5.41, 5.74) is 8.32. The number of nitrogens with two attached hydrogens (primary N) is 1. The highest BCUT2D eigenvalue weighted by atomic mass is 35.5. The summed E-state index contributed by atoms with van der Waals surface area (Å²) in [5.74, 6) is 1.01. The number of aryl methyl sites for hydroxylation is 2. The maximum Gasteiger partial charge on any atom is 0.239 e. The molecule has 0 spiro atoms. The molecule has 0 unspecified atom stereocenters. The highest BCUT2D eigenvalue weighted by molar-refractivity contribution is 5.86. The summed E-state index contributed by atoms with van der Waals surface area (Å²) in [4.78, 5) is 21.8. The summed E-state index contributed by atoms with van der Waals surface area (Å²) in [6.45, 7) is 0.674. The first kappa shape index (κ1) is 23.0. The Morgan fingerprint density at radius 3 is 2.78 bits per heavy atom. The standard InChI is InChI=1S/C19H25N5O.2ClH/c1-23-11-9-21-18(23)8-5-10-24(2)19(25)16(20)12-14-13-22-17-7-4-3-6-15(14)17;;/h3-4,6-7,9,11,13,16,22H,5,8,10,12,20H2,1-2H3;2*1H/t16-;;/m0../s1. The molecule has 6 nitrogen and oxygen atoms in total. The highest BCUT2D eigenvalue weighted by Crippen LogP contribution is 2.19. The Balaban J connectivity index is 0.00000182. The molecule has 2 aromatic heterocycles. The number of likely N-dealkylation sites (N-methyl/N-ethyl adjacent to an activating group) is 1. The van der Waals surface area contributed by atoms with Gasteiger partial charge in [0, 0.05) is 56.6 Å². The van der Waals surface area contributed by atoms with Gasteiger partial charge >= 0.3 is 0 Å². The van der Waals surface area contributed by atoms with Gasteiger partial charge in [-0.1, -0.05) is 18.2 Å². The summed E-state index contributed by atoms with van der Waals surface area (Å²) in [6.07, 6.45) is 7.92. The molecule has 0 bridgehead atoms. The maximum atomic E-state index is 12.5. The second kappa shape index (κ2) is 10.3. The highest BCUT2D eigenvalue weighted by Gasteiger charge is 2.19. The van der Waals surface area contributed by atoms with Crippen molar-refractivity contribution in [3.63, 3.8) is 0 Å². The number of benzene rings is 1. The minimum atomic E-state index is -0.530. The first-order valence-electron chi connectivity index (χ1n) is 8.58. The zero-order chi connectivity index (χ0) is 17.8. The SMILES string of the molecule is CN(CCCc1nccn1C)C(=O)[C@@H](N)Cc1c[nH]c2ccccc12.Cl.Cl. The fraction of sp³-hybridized carbons (Fsp3) is 0.368. The Hall–Kier alpha value is -2.02. The van der Waals surface area contributed by atoms with Crippen molar-refractivity contribution < 1.29 is 4.79 Å². The first-order valence-corrected chi connectivity index (χ1v) is 8.58. The Morgan fingerprint density at radius 1 is 1.33 bits per heavy atom. The molecule has 3 N–H and O–H groups in total. The molecule has 0 aliphatic heterocycles. The van der Waals surface area contributed by atoms with Crippen molar-refractivity contribution in [3.8, 4) is 0 Å². The number of halogens is 2. The molecule has 0 aliphatic carbocycles. The van der Waals surface area contributed by atoms with E-state index in [1.807, 2.05) is 49.3 Å². The fourth-order valence-electron chi connectivity index (χ4n) is 3.13. The number of aromatic nitrogens is 3. The molecule has 2 heterocycles. The molecule has 0 fully saturated rings. The van der Waals surface area contributed by atoms with Gasteiger partial charge in [-0.05, 0) is 24.5 Å². The van der Waals surface area contributed by atoms with Crippen LogP contribution in [0.1, 0.15) is 17.8 Å². The number of carbonyl (C=O) groups is 1. The van der Waals surface area contributed by atoms with E-state index in [2.05, 4.69) is 16.0 Å². The van der Waals surface area contributed by atoms with Crippen LogP contribution >= 0.6 is 24.8 Å². The molecule has 0 radical (unpaired) electrons. The van der Waals surface area contributed by atoms with Gasteiger partial charge in [-0.3, -0.25) is 4.79 Å². The number of rotatable bonds is 7. The zero-order valence-electron chi connectivity index (χ0n) is 15.6. The predicted octanol–water partition coefficient (Wildman–Crippen LogP) is 2.71. The van der Waals surface area contributed by atoms with Crippen molar-refractivity contribution in [1.29, 1.82) is 0 Å². The monoisotopic (exact) mass is 411 g/mol. The summed E-state index contributed by atoms with van der Waals surface area (Å²) in [7, 11) is 3.80. The summed E-state index contributed by atoms with van der Waals surface area (Å²) >= 11 is 0. The van der Waals surface area contributed by atoms with Crippen LogP contribution in [0.4, 0.5) is 0 Å². The van der Waals surface area contributed by atoms with Crippen LogP contribution in [0.5, 0.6) is 0 Å². The van der Waals surface area contributed by atoms with Gasteiger partial charge < -0.3 is 20.2 Å². The third-order valence-corrected chi connectivity index (χ3v) is 4.62. The molecule has 8 heteroatoms. The van der Waals surface area contributed by atoms with E-state index in [1.54, 1.807) is 11.1 Å². The second-order valence-electron chi connectivity index (χ2n) is 6.49. The van der Waals surface area contributed by atoms with Crippen molar-refractivity contribution in [3.05, 3.63) is 54.2 Å². The van der Waals surface area contributed by atoms with E-state index in [0.29, 0.717) is 13.0 Å². The molecule has 0 aliphatic rings. The topological polar surface area (TPSA) is 79.9 Å². The minimum Gasteiger partial charge on any atom is -0.361 e. The van der Waals surface area contributed by atoms with Gasteiger partial charge in [-0.25, -0.2) is 4.98 Å². The third kappa shape index (κ3) is 5.48. The Bertz CT molecular complexity index is 861. The molecule has 0 saturated carbocycles. The van der Waals surface area contributed by atoms with E-state index in [0.717, 1.165) is 35.1 Å². The van der Waals surface area contributed by atoms with Gasteiger partial charge in [-0.2, -0.15) is 0 Å². The van der Waals surface area contributed by atoms with Crippen LogP contribution in [-0.4, -0.2) is 45.0 Å². The Morgan fingerprint density at radius 2 is 2.07 bits per heavy atom. The first-order chi connectivity index (χ1) is 12.1. The lowest BCUT2D eigenvalue weighted by Gasteiger charge is -2.21. The van der Waals surface area contributed by atoms with Crippen molar-refractivity contribution in [2.75, 3.05) is 13.6 Å². The summed E-state index contributed by atoms with van der Waals surface area (Å²) < 4.78 is 2.00. The Kier molecular flexibility index (Phi) is 8.82. The van der Waals surface area contributed by atoms with Crippen molar-refractivity contribution >= 4 is 41.6 Å². The number of imidazole rings is 1. The number of aromatic amines is 1. The molecule has 27 heavy (non-hydrogen) atoms. The number of hydrogen-bond donors (Lipinski definition) is 2. The molecule has 1 aromatic carbocycles. The van der Waals surface area contributed by atoms with E-state index in [9.17, 15) is 4.79 Å². The molecule has 3 aromatic rings. The predicted molar refractivity (Wildman–Crippen MR) is 114 cm³/mol. The van der Waals surface area contributed by atoms with Crippen LogP contribution in [0, 0.1) is 0 Å². The van der Waals surface area contributed by atoms with Gasteiger partial charge in [0.05, 0.1) is 6.04 Å². The third-order valence-electron chi connectivity index (χ3n) is 4.62. The summed E-state index contributed by atoms with van der Waals surface area (Å²) in [6, 6.07) is 7.53. The number of nitrogens with one attached hydrogen (secondary N) is 1. The number of fused-ring (bicyclic) bond motifs is 1. The zero-order valence-corrected chi connectivity index (χ0v) is 17.2. The molecular weight excluding hydrogens is 385 g/mol. The van der Waals surface area contributed by atoms with E-state index >= 15 is 0 Å². The number of para-hydroxylation sites is 1. The van der Waals surface area contributed by atoms with Crippen LogP contribution in [0.2, 0.25) is 0 Å². The van der Waals surface area contributed by atoms with E-state index in [4.69, 9.17) is 5.73 Å². The molecule has 148 valence electrons. The number of amides is 1. The second-order valence-corrected chi connectivity index (χ2v) is 6.49. The number of nitrogens with zero attached hydrogens (tertiary/aromatic N) is 3. The lowest BCUT2D eigenvalue weighted by atomic mass is 10.0. The largest absolute Gasteiger partial charge is 0.361 e. The average Bonchev–Trinajstić information content (AvgIpc) is 3.21. The smallest absolute Gasteiger partial charge is 0.239 e. The molecule has 1 atom stereocenters. The van der Waals surface area contributed by atoms with Gasteiger partial charge in [0.1, 0.15) is 5.82 Å². The molecule has 0 saturated heterocycles. The lowest BCUT2D eigenvalue weighted by Crippen LogP contribution is -2.43. The van der Waals surface area contributed by atoms with Gasteiger partial charge in [0.2, 0.25) is 5.91 Å². The van der Waals surface area contributed by atoms with Crippen LogP contribution in [0.15, 0.2) is 42.9 Å². The van der Waals surface area contributed by atoms with Crippen molar-refractivity contribution in [2.45, 2.75) is 25.3 Å². The molecule has 1 amide bonds.